The van der Waals surface area contributed by atoms with Crippen LogP contribution in [0.5, 0.6) is 0 Å². The zero-order valence-electron chi connectivity index (χ0n) is 19.5. The van der Waals surface area contributed by atoms with Gasteiger partial charge in [0.25, 0.3) is 0 Å². The molecule has 5 aliphatic rings. The Kier molecular flexibility index (Phi) is 5.17. The number of carbonyl (C=O) groups is 2. The molecule has 3 saturated carbocycles. The first-order valence-electron chi connectivity index (χ1n) is 11.5. The van der Waals surface area contributed by atoms with Gasteiger partial charge < -0.3 is 24.4 Å². The number of nitrogens with one attached hydrogen (secondary N) is 1. The standard InChI is InChI=1S/C23H38N2O5/c1-13(24-20(27)30-21(2,3)4)18(26)25-10-8-9-15(25)19-28-17-12-14-11-16(22(14,5)6)23(17,7)29-19/h13-17,19H,8-12H2,1-7H3,(H,24,27)/t13-,14+,15+,16+,17?,19?,23+/m1/s1. The number of rotatable bonds is 3. The molecule has 5 rings (SSSR count). The lowest BCUT2D eigenvalue weighted by atomic mass is 9.43. The molecule has 0 aromatic rings. The molecule has 7 atom stereocenters. The highest BCUT2D eigenvalue weighted by Gasteiger charge is 2.68. The minimum Gasteiger partial charge on any atom is -0.444 e. The van der Waals surface area contributed by atoms with Crippen LogP contribution >= 0.6 is 0 Å². The number of nitrogens with zero attached hydrogens (tertiary/aromatic N) is 1. The van der Waals surface area contributed by atoms with E-state index in [1.54, 1.807) is 27.7 Å². The molecule has 2 aliphatic heterocycles. The molecule has 2 unspecified atom stereocenters. The fourth-order valence-electron chi connectivity index (χ4n) is 6.21. The van der Waals surface area contributed by atoms with Crippen molar-refractivity contribution in [2.45, 2.75) is 110 Å². The van der Waals surface area contributed by atoms with Gasteiger partial charge in [-0.05, 0) is 77.6 Å². The minimum atomic E-state index is -0.661. The third-order valence-electron chi connectivity index (χ3n) is 7.97. The van der Waals surface area contributed by atoms with E-state index >= 15 is 0 Å². The lowest BCUT2D eigenvalue weighted by Gasteiger charge is -2.63. The van der Waals surface area contributed by atoms with Gasteiger partial charge in [0.05, 0.1) is 17.7 Å². The number of likely N-dealkylation sites (tertiary alicyclic amines) is 1. The fourth-order valence-corrected chi connectivity index (χ4v) is 6.21. The predicted octanol–water partition coefficient (Wildman–Crippen LogP) is 3.46. The van der Waals surface area contributed by atoms with E-state index in [1.807, 2.05) is 4.90 Å². The lowest BCUT2D eigenvalue weighted by Crippen LogP contribution is -2.65. The van der Waals surface area contributed by atoms with Crippen molar-refractivity contribution in [3.63, 3.8) is 0 Å². The topological polar surface area (TPSA) is 77.1 Å². The number of hydrogen-bond acceptors (Lipinski definition) is 5. The Morgan fingerprint density at radius 2 is 1.90 bits per heavy atom. The van der Waals surface area contributed by atoms with Crippen molar-refractivity contribution < 1.29 is 23.8 Å². The van der Waals surface area contributed by atoms with E-state index in [4.69, 9.17) is 14.2 Å². The van der Waals surface area contributed by atoms with Crippen molar-refractivity contribution in [2.75, 3.05) is 6.54 Å². The molecule has 7 nitrogen and oxygen atoms in total. The molecule has 2 heterocycles. The van der Waals surface area contributed by atoms with Gasteiger partial charge in [-0.3, -0.25) is 4.79 Å². The van der Waals surface area contributed by atoms with Crippen molar-refractivity contribution >= 4 is 12.0 Å². The van der Waals surface area contributed by atoms with Crippen LogP contribution in [0.2, 0.25) is 0 Å². The highest BCUT2D eigenvalue weighted by atomic mass is 16.7. The van der Waals surface area contributed by atoms with Gasteiger partial charge in [-0.1, -0.05) is 13.8 Å². The summed E-state index contributed by atoms with van der Waals surface area (Å²) in [6.07, 6.45) is 3.15. The summed E-state index contributed by atoms with van der Waals surface area (Å²) in [5.41, 5.74) is -0.587. The van der Waals surface area contributed by atoms with Crippen molar-refractivity contribution in [2.24, 2.45) is 17.3 Å². The van der Waals surface area contributed by atoms with E-state index in [1.165, 1.54) is 6.42 Å². The Labute approximate surface area is 180 Å². The maximum absolute atomic E-state index is 13.1. The van der Waals surface area contributed by atoms with Crippen LogP contribution in [0.1, 0.15) is 74.1 Å². The molecule has 2 bridgehead atoms. The highest BCUT2D eigenvalue weighted by molar-refractivity contribution is 5.85. The van der Waals surface area contributed by atoms with Crippen molar-refractivity contribution in [1.82, 2.24) is 10.2 Å². The lowest BCUT2D eigenvalue weighted by molar-refractivity contribution is -0.212. The van der Waals surface area contributed by atoms with Gasteiger partial charge in [-0.25, -0.2) is 4.79 Å². The predicted molar refractivity (Wildman–Crippen MR) is 112 cm³/mol. The smallest absolute Gasteiger partial charge is 0.408 e. The first-order valence-corrected chi connectivity index (χ1v) is 11.5. The summed E-state index contributed by atoms with van der Waals surface area (Å²) in [5.74, 6) is 1.08. The second kappa shape index (κ2) is 7.09. The van der Waals surface area contributed by atoms with E-state index in [-0.39, 0.29) is 23.7 Å². The van der Waals surface area contributed by atoms with Gasteiger partial charge in [0.1, 0.15) is 11.6 Å². The zero-order chi connectivity index (χ0) is 22.1. The summed E-state index contributed by atoms with van der Waals surface area (Å²) in [5, 5.41) is 2.67. The Balaban J connectivity index is 1.41. The third-order valence-corrected chi connectivity index (χ3v) is 7.97. The van der Waals surface area contributed by atoms with E-state index in [0.717, 1.165) is 19.3 Å². The van der Waals surface area contributed by atoms with Crippen LogP contribution in [0.4, 0.5) is 4.79 Å². The molecule has 0 radical (unpaired) electrons. The van der Waals surface area contributed by atoms with E-state index in [0.29, 0.717) is 23.8 Å². The van der Waals surface area contributed by atoms with E-state index in [9.17, 15) is 9.59 Å². The molecule has 2 amide bonds. The molecule has 30 heavy (non-hydrogen) atoms. The fraction of sp³-hybridized carbons (Fsp3) is 0.913. The molecule has 5 fully saturated rings. The van der Waals surface area contributed by atoms with Crippen LogP contribution in [-0.4, -0.2) is 59.1 Å². The third kappa shape index (κ3) is 3.52. The molecule has 1 N–H and O–H groups in total. The first kappa shape index (κ1) is 21.9. The van der Waals surface area contributed by atoms with Gasteiger partial charge in [0.2, 0.25) is 5.91 Å². The normalized spacial score (nSPS) is 40.4. The molecule has 0 spiro atoms. The van der Waals surface area contributed by atoms with Gasteiger partial charge in [0, 0.05) is 6.54 Å². The molecule has 170 valence electrons. The van der Waals surface area contributed by atoms with Crippen molar-refractivity contribution in [3.8, 4) is 0 Å². The van der Waals surface area contributed by atoms with Crippen LogP contribution in [0.15, 0.2) is 0 Å². The molecule has 0 aromatic carbocycles. The average molecular weight is 423 g/mol. The zero-order valence-corrected chi connectivity index (χ0v) is 19.5. The summed E-state index contributed by atoms with van der Waals surface area (Å²) in [6.45, 7) is 14.7. The van der Waals surface area contributed by atoms with Gasteiger partial charge >= 0.3 is 6.09 Å². The largest absolute Gasteiger partial charge is 0.444 e. The Hall–Kier alpha value is -1.34. The van der Waals surface area contributed by atoms with Crippen LogP contribution < -0.4 is 5.32 Å². The van der Waals surface area contributed by atoms with Crippen LogP contribution in [0, 0.1) is 17.3 Å². The number of alkyl carbamates (subject to hydrolysis) is 1. The second-order valence-corrected chi connectivity index (χ2v) is 11.4. The summed E-state index contributed by atoms with van der Waals surface area (Å²) < 4.78 is 18.3. The number of amides is 2. The summed E-state index contributed by atoms with van der Waals surface area (Å²) in [4.78, 5) is 27.1. The first-order chi connectivity index (χ1) is 13.8. The molecule has 0 aromatic heterocycles. The van der Waals surface area contributed by atoms with Gasteiger partial charge in [-0.2, -0.15) is 0 Å². The maximum atomic E-state index is 13.1. The van der Waals surface area contributed by atoms with Crippen LogP contribution in [0.25, 0.3) is 0 Å². The highest BCUT2D eigenvalue weighted by Crippen LogP contribution is 2.66. The summed E-state index contributed by atoms with van der Waals surface area (Å²) in [6, 6.07) is -0.769. The number of carbonyl (C=O) groups excluding carboxylic acids is 2. The van der Waals surface area contributed by atoms with Crippen molar-refractivity contribution in [1.29, 1.82) is 0 Å². The second-order valence-electron chi connectivity index (χ2n) is 11.4. The SMILES string of the molecule is C[C@@H](NC(=O)OC(C)(C)C)C(=O)N1CCC[C@H]1C1OC2C[C@@H]3C[C@@H](C3(C)C)[C@]2(C)O1. The van der Waals surface area contributed by atoms with E-state index in [2.05, 4.69) is 26.1 Å². The molecular formula is C23H38N2O5. The molecule has 3 aliphatic carbocycles. The van der Waals surface area contributed by atoms with Crippen LogP contribution in [-0.2, 0) is 19.0 Å². The molecule has 7 heteroatoms. The van der Waals surface area contributed by atoms with E-state index < -0.39 is 24.0 Å². The van der Waals surface area contributed by atoms with Gasteiger partial charge in [0.15, 0.2) is 6.29 Å². The molecule has 2 saturated heterocycles. The average Bonchev–Trinajstić information content (AvgIpc) is 3.21. The maximum Gasteiger partial charge on any atom is 0.408 e. The summed E-state index contributed by atoms with van der Waals surface area (Å²) in [7, 11) is 0. The quantitative estimate of drug-likeness (QED) is 0.754. The number of hydrogen-bond donors (Lipinski definition) is 1. The molecular weight excluding hydrogens is 384 g/mol. The van der Waals surface area contributed by atoms with Gasteiger partial charge in [-0.15, -0.1) is 0 Å². The monoisotopic (exact) mass is 422 g/mol. The Bertz CT molecular complexity index is 717. The summed E-state index contributed by atoms with van der Waals surface area (Å²) >= 11 is 0. The van der Waals surface area contributed by atoms with Crippen LogP contribution in [0.3, 0.4) is 0 Å². The van der Waals surface area contributed by atoms with Crippen molar-refractivity contribution in [3.05, 3.63) is 0 Å². The Morgan fingerprint density at radius 1 is 1.20 bits per heavy atom. The Morgan fingerprint density at radius 3 is 2.53 bits per heavy atom. The minimum absolute atomic E-state index is 0.106. The number of ether oxygens (including phenoxy) is 3.